The lowest BCUT2D eigenvalue weighted by Crippen LogP contribution is -2.27. The highest BCUT2D eigenvalue weighted by molar-refractivity contribution is 5.90. The average Bonchev–Trinajstić information content (AvgIpc) is 2.73. The highest BCUT2D eigenvalue weighted by atomic mass is 16.7. The van der Waals surface area contributed by atoms with Crippen LogP contribution in [-0.4, -0.2) is 17.6 Å². The summed E-state index contributed by atoms with van der Waals surface area (Å²) in [7, 11) is 0. The Labute approximate surface area is 166 Å². The van der Waals surface area contributed by atoms with Gasteiger partial charge in [0, 0.05) is 12.1 Å². The Morgan fingerprint density at radius 1 is 0.893 bits per heavy atom. The first kappa shape index (κ1) is 19.6. The Morgan fingerprint density at radius 2 is 1.57 bits per heavy atom. The van der Waals surface area contributed by atoms with Gasteiger partial charge in [0.1, 0.15) is 12.4 Å². The molecule has 0 N–H and O–H groups in total. The number of hydrogen-bond acceptors (Lipinski definition) is 4. The zero-order chi connectivity index (χ0) is 19.8. The van der Waals surface area contributed by atoms with E-state index in [9.17, 15) is 4.79 Å². The quantitative estimate of drug-likeness (QED) is 0.509. The van der Waals surface area contributed by atoms with E-state index in [0.29, 0.717) is 25.3 Å². The maximum atomic E-state index is 12.5. The zero-order valence-corrected chi connectivity index (χ0v) is 16.3. The molecule has 28 heavy (non-hydrogen) atoms. The maximum absolute atomic E-state index is 12.5. The van der Waals surface area contributed by atoms with Crippen LogP contribution in [0.1, 0.15) is 34.0 Å². The van der Waals surface area contributed by atoms with Crippen molar-refractivity contribution in [2.45, 2.75) is 27.0 Å². The maximum Gasteiger partial charge on any atom is 0.357 e. The molecule has 3 rings (SSSR count). The molecular weight excluding hydrogens is 350 g/mol. The molecule has 0 unspecified atom stereocenters. The molecule has 0 radical (unpaired) electrons. The van der Waals surface area contributed by atoms with Crippen molar-refractivity contribution in [3.8, 4) is 5.75 Å². The third-order valence-corrected chi connectivity index (χ3v) is 4.49. The van der Waals surface area contributed by atoms with Crippen LogP contribution in [0.4, 0.5) is 0 Å². The van der Waals surface area contributed by atoms with Crippen LogP contribution >= 0.6 is 0 Å². The van der Waals surface area contributed by atoms with Crippen LogP contribution in [-0.2, 0) is 18.0 Å². The molecule has 3 aromatic rings. The number of carbonyl (C=O) groups is 1. The molecule has 0 amide bonds. The van der Waals surface area contributed by atoms with E-state index in [1.807, 2.05) is 86.6 Å². The van der Waals surface area contributed by atoms with Gasteiger partial charge in [0.2, 0.25) is 0 Å². The molecule has 0 heterocycles. The Kier molecular flexibility index (Phi) is 6.82. The summed E-state index contributed by atoms with van der Waals surface area (Å²) in [6.07, 6.45) is 0. The minimum atomic E-state index is -0.345. The van der Waals surface area contributed by atoms with Gasteiger partial charge in [-0.3, -0.25) is 0 Å². The molecule has 3 aromatic carbocycles. The van der Waals surface area contributed by atoms with Crippen LogP contribution in [0.25, 0.3) is 0 Å². The van der Waals surface area contributed by atoms with Crippen LogP contribution in [0.15, 0.2) is 78.9 Å². The van der Waals surface area contributed by atoms with Gasteiger partial charge in [-0.15, -0.1) is 5.06 Å². The van der Waals surface area contributed by atoms with E-state index in [4.69, 9.17) is 9.57 Å². The second kappa shape index (κ2) is 9.72. The molecule has 0 spiro atoms. The standard InChI is InChI=1S/C24H25NO3/c1-3-25(28-24(26)22-15-9-7-11-19(22)2)17-21-14-8-10-16-23(21)27-18-20-12-5-4-6-13-20/h4-16H,3,17-18H2,1-2H3. The predicted octanol–water partition coefficient (Wildman–Crippen LogP) is 5.17. The molecule has 4 nitrogen and oxygen atoms in total. The summed E-state index contributed by atoms with van der Waals surface area (Å²) in [6, 6.07) is 25.3. The fourth-order valence-electron chi connectivity index (χ4n) is 2.88. The molecule has 0 aliphatic heterocycles. The lowest BCUT2D eigenvalue weighted by molar-refractivity contribution is -0.113. The topological polar surface area (TPSA) is 38.8 Å². The van der Waals surface area contributed by atoms with Crippen LogP contribution in [0.3, 0.4) is 0 Å². The summed E-state index contributed by atoms with van der Waals surface area (Å²) >= 11 is 0. The molecule has 0 saturated carbocycles. The number of hydrogen-bond donors (Lipinski definition) is 0. The number of ether oxygens (including phenoxy) is 1. The molecule has 0 aliphatic carbocycles. The highest BCUT2D eigenvalue weighted by Crippen LogP contribution is 2.22. The molecule has 0 saturated heterocycles. The van der Waals surface area contributed by atoms with Crippen LogP contribution in [0.2, 0.25) is 0 Å². The second-order valence-electron chi connectivity index (χ2n) is 6.53. The molecule has 0 aromatic heterocycles. The van der Waals surface area contributed by atoms with Crippen molar-refractivity contribution in [2.24, 2.45) is 0 Å². The fraction of sp³-hybridized carbons (Fsp3) is 0.208. The van der Waals surface area contributed by atoms with Crippen molar-refractivity contribution in [1.29, 1.82) is 0 Å². The second-order valence-corrected chi connectivity index (χ2v) is 6.53. The van der Waals surface area contributed by atoms with Gasteiger partial charge in [-0.25, -0.2) is 4.79 Å². The van der Waals surface area contributed by atoms with Crippen molar-refractivity contribution in [1.82, 2.24) is 5.06 Å². The van der Waals surface area contributed by atoms with Gasteiger partial charge in [-0.2, -0.15) is 0 Å². The largest absolute Gasteiger partial charge is 0.489 e. The first-order valence-corrected chi connectivity index (χ1v) is 9.45. The van der Waals surface area contributed by atoms with E-state index in [1.165, 1.54) is 0 Å². The third-order valence-electron chi connectivity index (χ3n) is 4.49. The fourth-order valence-corrected chi connectivity index (χ4v) is 2.88. The van der Waals surface area contributed by atoms with Gasteiger partial charge < -0.3 is 9.57 Å². The number of benzene rings is 3. The summed E-state index contributed by atoms with van der Waals surface area (Å²) < 4.78 is 6.01. The van der Waals surface area contributed by atoms with Crippen molar-refractivity contribution in [2.75, 3.05) is 6.54 Å². The summed E-state index contributed by atoms with van der Waals surface area (Å²) in [4.78, 5) is 18.2. The van der Waals surface area contributed by atoms with E-state index >= 15 is 0 Å². The molecular formula is C24H25NO3. The van der Waals surface area contributed by atoms with Gasteiger partial charge in [0.25, 0.3) is 0 Å². The van der Waals surface area contributed by atoms with Crippen LogP contribution in [0, 0.1) is 6.92 Å². The number of hydroxylamine groups is 2. The van der Waals surface area contributed by atoms with Gasteiger partial charge in [0.15, 0.2) is 0 Å². The van der Waals surface area contributed by atoms with Gasteiger partial charge >= 0.3 is 5.97 Å². The summed E-state index contributed by atoms with van der Waals surface area (Å²) in [6.45, 7) is 5.38. The van der Waals surface area contributed by atoms with E-state index in [1.54, 1.807) is 11.1 Å². The van der Waals surface area contributed by atoms with Crippen molar-refractivity contribution in [3.05, 3.63) is 101 Å². The number of carbonyl (C=O) groups excluding carboxylic acids is 1. The van der Waals surface area contributed by atoms with E-state index in [-0.39, 0.29) is 5.97 Å². The summed E-state index contributed by atoms with van der Waals surface area (Å²) in [5.74, 6) is 0.444. The van der Waals surface area contributed by atoms with Gasteiger partial charge in [-0.05, 0) is 37.1 Å². The first-order valence-electron chi connectivity index (χ1n) is 9.45. The minimum absolute atomic E-state index is 0.345. The minimum Gasteiger partial charge on any atom is -0.489 e. The average molecular weight is 375 g/mol. The van der Waals surface area contributed by atoms with Crippen LogP contribution in [0.5, 0.6) is 5.75 Å². The number of nitrogens with zero attached hydrogens (tertiary/aromatic N) is 1. The lowest BCUT2D eigenvalue weighted by atomic mass is 10.1. The van der Waals surface area contributed by atoms with Crippen LogP contribution < -0.4 is 4.74 Å². The Hall–Kier alpha value is -3.11. The predicted molar refractivity (Wildman–Crippen MR) is 110 cm³/mol. The number of para-hydroxylation sites is 1. The normalized spacial score (nSPS) is 10.7. The molecule has 0 bridgehead atoms. The third kappa shape index (κ3) is 5.21. The molecule has 0 fully saturated rings. The summed E-state index contributed by atoms with van der Waals surface area (Å²) in [5.41, 5.74) is 3.55. The highest BCUT2D eigenvalue weighted by Gasteiger charge is 2.16. The van der Waals surface area contributed by atoms with Gasteiger partial charge in [0.05, 0.1) is 12.1 Å². The van der Waals surface area contributed by atoms with Crippen molar-refractivity contribution in [3.63, 3.8) is 0 Å². The smallest absolute Gasteiger partial charge is 0.357 e. The van der Waals surface area contributed by atoms with Gasteiger partial charge in [-0.1, -0.05) is 66.7 Å². The summed E-state index contributed by atoms with van der Waals surface area (Å²) in [5, 5.41) is 1.65. The lowest BCUT2D eigenvalue weighted by Gasteiger charge is -2.21. The number of aryl methyl sites for hydroxylation is 1. The van der Waals surface area contributed by atoms with E-state index in [0.717, 1.165) is 22.4 Å². The molecule has 0 aliphatic rings. The first-order chi connectivity index (χ1) is 13.7. The molecule has 4 heteroatoms. The van der Waals surface area contributed by atoms with E-state index < -0.39 is 0 Å². The SMILES string of the molecule is CCN(Cc1ccccc1OCc1ccccc1)OC(=O)c1ccccc1C. The van der Waals surface area contributed by atoms with Crippen molar-refractivity contribution < 1.29 is 14.4 Å². The van der Waals surface area contributed by atoms with E-state index in [2.05, 4.69) is 0 Å². The Balaban J connectivity index is 1.67. The Morgan fingerprint density at radius 3 is 2.32 bits per heavy atom. The zero-order valence-electron chi connectivity index (χ0n) is 16.3. The van der Waals surface area contributed by atoms with Crippen molar-refractivity contribution >= 4 is 5.97 Å². The Bertz CT molecular complexity index is 908. The molecule has 144 valence electrons. The number of rotatable bonds is 8. The molecule has 0 atom stereocenters. The monoisotopic (exact) mass is 375 g/mol.